The maximum absolute atomic E-state index is 12.3. The zero-order valence-electron chi connectivity index (χ0n) is 11.4. The lowest BCUT2D eigenvalue weighted by atomic mass is 10.0. The molecule has 0 aromatic carbocycles. The van der Waals surface area contributed by atoms with E-state index in [0.717, 1.165) is 29.6 Å². The molecule has 18 heavy (non-hydrogen) atoms. The highest BCUT2D eigenvalue weighted by Crippen LogP contribution is 2.55. The minimum atomic E-state index is 0.382. The summed E-state index contributed by atoms with van der Waals surface area (Å²) in [5.74, 6) is 2.29. The number of carbonyl (C=O) groups excluding carboxylic acids is 1. The number of Topliss-reactive ketones (excluding diaryl/α,β-unsaturated/α-hetero) is 1. The van der Waals surface area contributed by atoms with Gasteiger partial charge in [0, 0.05) is 25.1 Å². The van der Waals surface area contributed by atoms with Crippen molar-refractivity contribution in [1.82, 2.24) is 9.78 Å². The van der Waals surface area contributed by atoms with E-state index in [1.165, 1.54) is 25.7 Å². The van der Waals surface area contributed by atoms with Crippen LogP contribution in [0, 0.1) is 17.8 Å². The van der Waals surface area contributed by atoms with Crippen molar-refractivity contribution >= 4 is 5.78 Å². The zero-order valence-corrected chi connectivity index (χ0v) is 11.4. The van der Waals surface area contributed by atoms with Crippen LogP contribution in [0.1, 0.15) is 44.0 Å². The molecule has 3 nitrogen and oxygen atoms in total. The predicted molar refractivity (Wildman–Crippen MR) is 70.2 cm³/mol. The molecule has 2 unspecified atom stereocenters. The Labute approximate surface area is 109 Å². The number of aromatic nitrogens is 2. The highest BCUT2D eigenvalue weighted by molar-refractivity contribution is 5.86. The molecule has 1 heterocycles. The average Bonchev–Trinajstić information content (AvgIpc) is 3.01. The number of nitrogens with zero attached hydrogens (tertiary/aromatic N) is 2. The van der Waals surface area contributed by atoms with Crippen LogP contribution in [0.3, 0.4) is 0 Å². The van der Waals surface area contributed by atoms with Crippen LogP contribution in [0.25, 0.3) is 0 Å². The van der Waals surface area contributed by atoms with Gasteiger partial charge in [0.05, 0.1) is 5.69 Å². The van der Waals surface area contributed by atoms with Gasteiger partial charge in [0.1, 0.15) is 5.78 Å². The van der Waals surface area contributed by atoms with Crippen molar-refractivity contribution < 1.29 is 4.79 Å². The zero-order chi connectivity index (χ0) is 12.7. The summed E-state index contributed by atoms with van der Waals surface area (Å²) in [6, 6.07) is 2.09. The molecule has 2 aliphatic carbocycles. The Morgan fingerprint density at radius 3 is 2.61 bits per heavy atom. The van der Waals surface area contributed by atoms with Gasteiger partial charge in [-0.15, -0.1) is 0 Å². The normalized spacial score (nSPS) is 30.0. The van der Waals surface area contributed by atoms with Gasteiger partial charge >= 0.3 is 0 Å². The van der Waals surface area contributed by atoms with Crippen LogP contribution in [-0.4, -0.2) is 15.6 Å². The Morgan fingerprint density at radius 1 is 1.39 bits per heavy atom. The van der Waals surface area contributed by atoms with E-state index in [9.17, 15) is 4.79 Å². The van der Waals surface area contributed by atoms with Crippen molar-refractivity contribution in [1.29, 1.82) is 0 Å². The van der Waals surface area contributed by atoms with Gasteiger partial charge in [-0.25, -0.2) is 0 Å². The van der Waals surface area contributed by atoms with Gasteiger partial charge < -0.3 is 0 Å². The second kappa shape index (κ2) is 4.52. The molecule has 1 aromatic heterocycles. The standard InChI is InChI=1S/C15H22N2O/c1-3-10-8-11(17(2)16-10)9-14(18)15-12-6-4-5-7-13(12)15/h8,12-13,15H,3-7,9H2,1-2H3. The third-order valence-corrected chi connectivity index (χ3v) is 4.77. The number of hydrogen-bond donors (Lipinski definition) is 0. The second-order valence-corrected chi connectivity index (χ2v) is 5.89. The summed E-state index contributed by atoms with van der Waals surface area (Å²) in [4.78, 5) is 12.3. The molecule has 2 aliphatic rings. The minimum absolute atomic E-state index is 0.382. The highest BCUT2D eigenvalue weighted by Gasteiger charge is 2.54. The molecule has 3 rings (SSSR count). The van der Waals surface area contributed by atoms with Crippen LogP contribution in [-0.2, 0) is 24.7 Å². The first-order valence-corrected chi connectivity index (χ1v) is 7.25. The lowest BCUT2D eigenvalue weighted by Crippen LogP contribution is -2.10. The number of aryl methyl sites for hydroxylation is 2. The van der Waals surface area contributed by atoms with E-state index in [0.29, 0.717) is 18.1 Å². The minimum Gasteiger partial charge on any atom is -0.299 e. The fraction of sp³-hybridized carbons (Fsp3) is 0.733. The molecule has 0 N–H and O–H groups in total. The Kier molecular flexibility index (Phi) is 3.00. The molecule has 0 bridgehead atoms. The van der Waals surface area contributed by atoms with Gasteiger partial charge in [-0.1, -0.05) is 19.8 Å². The summed E-state index contributed by atoms with van der Waals surface area (Å²) >= 11 is 0. The first-order chi connectivity index (χ1) is 8.70. The van der Waals surface area contributed by atoms with Gasteiger partial charge in [0.15, 0.2) is 0 Å². The number of carbonyl (C=O) groups is 1. The van der Waals surface area contributed by atoms with E-state index < -0.39 is 0 Å². The molecule has 2 atom stereocenters. The maximum atomic E-state index is 12.3. The summed E-state index contributed by atoms with van der Waals surface area (Å²) in [6.07, 6.45) is 6.75. The fourth-order valence-corrected chi connectivity index (χ4v) is 3.68. The van der Waals surface area contributed by atoms with Crippen molar-refractivity contribution in [3.05, 3.63) is 17.5 Å². The molecular formula is C15H22N2O. The summed E-state index contributed by atoms with van der Waals surface area (Å²) in [5, 5.41) is 4.42. The van der Waals surface area contributed by atoms with Crippen LogP contribution in [0.15, 0.2) is 6.07 Å². The highest BCUT2D eigenvalue weighted by atomic mass is 16.1. The van der Waals surface area contributed by atoms with Crippen molar-refractivity contribution in [2.24, 2.45) is 24.8 Å². The van der Waals surface area contributed by atoms with E-state index in [1.807, 2.05) is 11.7 Å². The Bertz CT molecular complexity index is 451. The van der Waals surface area contributed by atoms with Gasteiger partial charge in [-0.3, -0.25) is 9.48 Å². The molecular weight excluding hydrogens is 224 g/mol. The van der Waals surface area contributed by atoms with Gasteiger partial charge in [-0.2, -0.15) is 5.10 Å². The van der Waals surface area contributed by atoms with Gasteiger partial charge in [0.25, 0.3) is 0 Å². The monoisotopic (exact) mass is 246 g/mol. The number of fused-ring (bicyclic) bond motifs is 1. The molecule has 0 radical (unpaired) electrons. The number of ketones is 1. The summed E-state index contributed by atoms with van der Waals surface area (Å²) in [6.45, 7) is 2.10. The Hall–Kier alpha value is -1.12. The van der Waals surface area contributed by atoms with Crippen LogP contribution in [0.5, 0.6) is 0 Å². The fourth-order valence-electron chi connectivity index (χ4n) is 3.68. The van der Waals surface area contributed by atoms with E-state index in [-0.39, 0.29) is 0 Å². The van der Waals surface area contributed by atoms with Crippen molar-refractivity contribution in [2.45, 2.75) is 45.4 Å². The van der Waals surface area contributed by atoms with Crippen LogP contribution < -0.4 is 0 Å². The van der Waals surface area contributed by atoms with E-state index in [2.05, 4.69) is 18.1 Å². The van der Waals surface area contributed by atoms with Crippen LogP contribution in [0.4, 0.5) is 0 Å². The number of rotatable bonds is 4. The van der Waals surface area contributed by atoms with Crippen molar-refractivity contribution in [3.8, 4) is 0 Å². The lowest BCUT2D eigenvalue weighted by Gasteiger charge is -2.04. The molecule has 0 spiro atoms. The lowest BCUT2D eigenvalue weighted by molar-refractivity contribution is -0.120. The predicted octanol–water partition coefficient (Wildman–Crippen LogP) is 2.53. The first kappa shape index (κ1) is 11.9. The summed E-state index contributed by atoms with van der Waals surface area (Å²) in [5.41, 5.74) is 2.18. The number of hydrogen-bond acceptors (Lipinski definition) is 2. The molecule has 0 saturated heterocycles. The first-order valence-electron chi connectivity index (χ1n) is 7.25. The van der Waals surface area contributed by atoms with Gasteiger partial charge in [0.2, 0.25) is 0 Å². The molecule has 0 amide bonds. The molecule has 0 aliphatic heterocycles. The van der Waals surface area contributed by atoms with Crippen LogP contribution in [0.2, 0.25) is 0 Å². The molecule has 3 heteroatoms. The van der Waals surface area contributed by atoms with Crippen molar-refractivity contribution in [2.75, 3.05) is 0 Å². The largest absolute Gasteiger partial charge is 0.299 e. The molecule has 2 fully saturated rings. The molecule has 98 valence electrons. The van der Waals surface area contributed by atoms with Crippen molar-refractivity contribution in [3.63, 3.8) is 0 Å². The quantitative estimate of drug-likeness (QED) is 0.818. The Morgan fingerprint density at radius 2 is 2.06 bits per heavy atom. The smallest absolute Gasteiger partial charge is 0.142 e. The Balaban J connectivity index is 1.66. The SMILES string of the molecule is CCc1cc(CC(=O)C2C3CCCCC32)n(C)n1. The van der Waals surface area contributed by atoms with E-state index in [4.69, 9.17) is 0 Å². The maximum Gasteiger partial charge on any atom is 0.142 e. The molecule has 2 saturated carbocycles. The van der Waals surface area contributed by atoms with Gasteiger partial charge in [-0.05, 0) is 37.2 Å². The summed E-state index contributed by atoms with van der Waals surface area (Å²) < 4.78 is 1.88. The average molecular weight is 246 g/mol. The second-order valence-electron chi connectivity index (χ2n) is 5.89. The third-order valence-electron chi connectivity index (χ3n) is 4.77. The summed E-state index contributed by atoms with van der Waals surface area (Å²) in [7, 11) is 1.95. The van der Waals surface area contributed by atoms with E-state index in [1.54, 1.807) is 0 Å². The van der Waals surface area contributed by atoms with E-state index >= 15 is 0 Å². The topological polar surface area (TPSA) is 34.9 Å². The third kappa shape index (κ3) is 2.00. The molecule has 1 aromatic rings. The van der Waals surface area contributed by atoms with Crippen LogP contribution >= 0.6 is 0 Å².